The zero-order chi connectivity index (χ0) is 13.9. The van der Waals surface area contributed by atoms with E-state index in [1.54, 1.807) is 0 Å². The highest BCUT2D eigenvalue weighted by molar-refractivity contribution is 5.67. The van der Waals surface area contributed by atoms with Crippen molar-refractivity contribution in [1.29, 1.82) is 0 Å². The highest BCUT2D eigenvalue weighted by Gasteiger charge is 2.11. The summed E-state index contributed by atoms with van der Waals surface area (Å²) in [5.74, 6) is 0. The van der Waals surface area contributed by atoms with Crippen LogP contribution in [0.15, 0.2) is 54.6 Å². The van der Waals surface area contributed by atoms with Crippen molar-refractivity contribution in [2.24, 2.45) is 0 Å². The third-order valence-electron chi connectivity index (χ3n) is 2.69. The fraction of sp³-hybridized carbons (Fsp3) is 0.312. The van der Waals surface area contributed by atoms with E-state index in [0.29, 0.717) is 0 Å². The van der Waals surface area contributed by atoms with Gasteiger partial charge in [0.1, 0.15) is 0 Å². The molecule has 0 aliphatic rings. The van der Waals surface area contributed by atoms with Crippen molar-refractivity contribution in [1.82, 2.24) is 5.32 Å². The first kappa shape index (κ1) is 15.0. The lowest BCUT2D eigenvalue weighted by Gasteiger charge is -2.16. The van der Waals surface area contributed by atoms with Crippen molar-refractivity contribution in [2.75, 3.05) is 7.11 Å². The SMILES string of the molecule is C/C=C/C=C/C[C@@H](Cc1ccccc1)NC(=O)OC. The van der Waals surface area contributed by atoms with E-state index >= 15 is 0 Å². The molecule has 0 unspecified atom stereocenters. The summed E-state index contributed by atoms with van der Waals surface area (Å²) in [6.45, 7) is 1.97. The number of alkyl carbamates (subject to hydrolysis) is 1. The van der Waals surface area contributed by atoms with E-state index in [2.05, 4.69) is 22.2 Å². The first-order chi connectivity index (χ1) is 9.26. The lowest BCUT2D eigenvalue weighted by atomic mass is 10.0. The summed E-state index contributed by atoms with van der Waals surface area (Å²) in [6.07, 6.45) is 9.14. The molecule has 1 rings (SSSR count). The maximum absolute atomic E-state index is 11.3. The van der Waals surface area contributed by atoms with Gasteiger partial charge in [-0.3, -0.25) is 0 Å². The predicted molar refractivity (Wildman–Crippen MR) is 78.0 cm³/mol. The number of amides is 1. The van der Waals surface area contributed by atoms with E-state index in [0.717, 1.165) is 12.8 Å². The molecular formula is C16H21NO2. The highest BCUT2D eigenvalue weighted by Crippen LogP contribution is 2.07. The van der Waals surface area contributed by atoms with E-state index < -0.39 is 0 Å². The average Bonchev–Trinajstić information content (AvgIpc) is 2.44. The molecule has 1 aromatic rings. The Morgan fingerprint density at radius 1 is 1.32 bits per heavy atom. The van der Waals surface area contributed by atoms with E-state index in [9.17, 15) is 4.79 Å². The molecule has 0 saturated carbocycles. The Kier molecular flexibility index (Phi) is 7.10. The molecule has 0 bridgehead atoms. The average molecular weight is 259 g/mol. The summed E-state index contributed by atoms with van der Waals surface area (Å²) in [5, 5.41) is 2.86. The fourth-order valence-electron chi connectivity index (χ4n) is 1.75. The number of benzene rings is 1. The van der Waals surface area contributed by atoms with Gasteiger partial charge in [-0.05, 0) is 25.3 Å². The molecule has 0 saturated heterocycles. The van der Waals surface area contributed by atoms with Crippen molar-refractivity contribution in [2.45, 2.75) is 25.8 Å². The van der Waals surface area contributed by atoms with Gasteiger partial charge in [-0.2, -0.15) is 0 Å². The third kappa shape index (κ3) is 6.46. The second-order valence-electron chi connectivity index (χ2n) is 4.21. The van der Waals surface area contributed by atoms with Crippen LogP contribution in [0.25, 0.3) is 0 Å². The van der Waals surface area contributed by atoms with Gasteiger partial charge in [0.25, 0.3) is 0 Å². The van der Waals surface area contributed by atoms with Gasteiger partial charge in [-0.1, -0.05) is 54.6 Å². The van der Waals surface area contributed by atoms with Crippen LogP contribution in [0.1, 0.15) is 18.9 Å². The van der Waals surface area contributed by atoms with Crippen LogP contribution in [0.3, 0.4) is 0 Å². The molecule has 1 aromatic carbocycles. The number of allylic oxidation sites excluding steroid dienone is 3. The molecule has 3 nitrogen and oxygen atoms in total. The fourth-order valence-corrected chi connectivity index (χ4v) is 1.75. The highest BCUT2D eigenvalue weighted by atomic mass is 16.5. The van der Waals surface area contributed by atoms with Crippen LogP contribution < -0.4 is 5.32 Å². The summed E-state index contributed by atoms with van der Waals surface area (Å²) in [6, 6.07) is 10.1. The Hall–Kier alpha value is -2.03. The number of ether oxygens (including phenoxy) is 1. The summed E-state index contributed by atoms with van der Waals surface area (Å²) >= 11 is 0. The van der Waals surface area contributed by atoms with Gasteiger partial charge in [0.15, 0.2) is 0 Å². The van der Waals surface area contributed by atoms with Gasteiger partial charge in [-0.25, -0.2) is 4.79 Å². The largest absolute Gasteiger partial charge is 0.453 e. The first-order valence-electron chi connectivity index (χ1n) is 6.42. The van der Waals surface area contributed by atoms with Crippen LogP contribution in [0.2, 0.25) is 0 Å². The van der Waals surface area contributed by atoms with Gasteiger partial charge >= 0.3 is 6.09 Å². The standard InChI is InChI=1S/C16H21NO2/c1-3-4-5-9-12-15(17-16(18)19-2)13-14-10-7-6-8-11-14/h3-11,15H,12-13H2,1-2H3,(H,17,18)/b4-3+,9-5+/t15-/m0/s1. The first-order valence-corrected chi connectivity index (χ1v) is 6.42. The molecule has 0 aliphatic carbocycles. The minimum Gasteiger partial charge on any atom is -0.453 e. The van der Waals surface area contributed by atoms with E-state index in [1.807, 2.05) is 49.4 Å². The molecule has 0 aliphatic heterocycles. The van der Waals surface area contributed by atoms with Gasteiger partial charge < -0.3 is 10.1 Å². The van der Waals surface area contributed by atoms with E-state index in [4.69, 9.17) is 0 Å². The molecular weight excluding hydrogens is 238 g/mol. The van der Waals surface area contributed by atoms with Gasteiger partial charge in [-0.15, -0.1) is 0 Å². The van der Waals surface area contributed by atoms with Gasteiger partial charge in [0, 0.05) is 6.04 Å². The summed E-state index contributed by atoms with van der Waals surface area (Å²) in [5.41, 5.74) is 1.20. The van der Waals surface area contributed by atoms with Crippen LogP contribution in [0.4, 0.5) is 4.79 Å². The van der Waals surface area contributed by atoms with Crippen molar-refractivity contribution in [3.05, 3.63) is 60.2 Å². The molecule has 1 atom stereocenters. The summed E-state index contributed by atoms with van der Waals surface area (Å²) < 4.78 is 4.66. The molecule has 102 valence electrons. The minimum absolute atomic E-state index is 0.0383. The van der Waals surface area contributed by atoms with Crippen LogP contribution in [0.5, 0.6) is 0 Å². The third-order valence-corrected chi connectivity index (χ3v) is 2.69. The maximum atomic E-state index is 11.3. The van der Waals surface area contributed by atoms with Gasteiger partial charge in [0.2, 0.25) is 0 Å². The zero-order valence-electron chi connectivity index (χ0n) is 11.5. The monoisotopic (exact) mass is 259 g/mol. The molecule has 1 amide bonds. The van der Waals surface area contributed by atoms with E-state index in [1.165, 1.54) is 12.7 Å². The van der Waals surface area contributed by atoms with Crippen molar-refractivity contribution >= 4 is 6.09 Å². The lowest BCUT2D eigenvalue weighted by molar-refractivity contribution is 0.166. The Labute approximate surface area is 115 Å². The number of carbonyl (C=O) groups excluding carboxylic acids is 1. The molecule has 19 heavy (non-hydrogen) atoms. The Morgan fingerprint density at radius 3 is 2.68 bits per heavy atom. The Morgan fingerprint density at radius 2 is 2.05 bits per heavy atom. The minimum atomic E-state index is -0.389. The second kappa shape index (κ2) is 8.97. The molecule has 0 aromatic heterocycles. The predicted octanol–water partition coefficient (Wildman–Crippen LogP) is 3.48. The number of nitrogens with one attached hydrogen (secondary N) is 1. The van der Waals surface area contributed by atoms with Crippen molar-refractivity contribution in [3.63, 3.8) is 0 Å². The Balaban J connectivity index is 2.60. The van der Waals surface area contributed by atoms with Crippen LogP contribution in [0, 0.1) is 0 Å². The molecule has 0 fully saturated rings. The molecule has 0 spiro atoms. The summed E-state index contributed by atoms with van der Waals surface area (Å²) in [4.78, 5) is 11.3. The Bertz CT molecular complexity index is 424. The normalized spacial score (nSPS) is 12.7. The second-order valence-corrected chi connectivity index (χ2v) is 4.21. The molecule has 1 N–H and O–H groups in total. The molecule has 3 heteroatoms. The van der Waals surface area contributed by atoms with Crippen LogP contribution in [-0.4, -0.2) is 19.2 Å². The quantitative estimate of drug-likeness (QED) is 0.794. The number of methoxy groups -OCH3 is 1. The zero-order valence-corrected chi connectivity index (χ0v) is 11.5. The van der Waals surface area contributed by atoms with Gasteiger partial charge in [0.05, 0.1) is 7.11 Å². The smallest absolute Gasteiger partial charge is 0.407 e. The maximum Gasteiger partial charge on any atom is 0.407 e. The van der Waals surface area contributed by atoms with Crippen LogP contribution in [-0.2, 0) is 11.2 Å². The number of hydrogen-bond donors (Lipinski definition) is 1. The topological polar surface area (TPSA) is 38.3 Å². The summed E-state index contributed by atoms with van der Waals surface area (Å²) in [7, 11) is 1.38. The molecule has 0 heterocycles. The van der Waals surface area contributed by atoms with Crippen LogP contribution >= 0.6 is 0 Å². The molecule has 0 radical (unpaired) electrons. The van der Waals surface area contributed by atoms with Crippen molar-refractivity contribution in [3.8, 4) is 0 Å². The number of carbonyl (C=O) groups is 1. The lowest BCUT2D eigenvalue weighted by Crippen LogP contribution is -2.36. The van der Waals surface area contributed by atoms with E-state index in [-0.39, 0.29) is 12.1 Å². The van der Waals surface area contributed by atoms with Crippen molar-refractivity contribution < 1.29 is 9.53 Å². The number of rotatable bonds is 6. The number of hydrogen-bond acceptors (Lipinski definition) is 2.